The van der Waals surface area contributed by atoms with Crippen LogP contribution in [0.5, 0.6) is 0 Å². The van der Waals surface area contributed by atoms with Gasteiger partial charge >= 0.3 is 0 Å². The Bertz CT molecular complexity index is 512. The first-order valence-corrected chi connectivity index (χ1v) is 7.34. The minimum atomic E-state index is -3.09. The molecule has 0 unspecified atom stereocenters. The van der Waals surface area contributed by atoms with Gasteiger partial charge < -0.3 is 10.2 Å². The number of anilines is 1. The minimum absolute atomic E-state index is 0.0722. The maximum Gasteiger partial charge on any atom is 0.274 e. The van der Waals surface area contributed by atoms with E-state index in [0.29, 0.717) is 5.82 Å². The van der Waals surface area contributed by atoms with E-state index in [4.69, 9.17) is 0 Å². The zero-order valence-corrected chi connectivity index (χ0v) is 11.4. The lowest BCUT2D eigenvalue weighted by Gasteiger charge is -2.15. The molecule has 0 fully saturated rings. The molecule has 0 atom stereocenters. The Balaban J connectivity index is 2.68. The summed E-state index contributed by atoms with van der Waals surface area (Å²) in [5, 5.41) is 10.3. The smallest absolute Gasteiger partial charge is 0.274 e. The molecule has 1 heterocycles. The summed E-state index contributed by atoms with van der Waals surface area (Å²) in [7, 11) is 0.142. The van der Waals surface area contributed by atoms with E-state index in [-0.39, 0.29) is 23.9 Å². The molecule has 0 bridgehead atoms. The molecule has 1 rings (SSSR count). The van der Waals surface area contributed by atoms with E-state index in [0.717, 1.165) is 6.26 Å². The van der Waals surface area contributed by atoms with E-state index in [2.05, 4.69) is 15.5 Å². The van der Waals surface area contributed by atoms with Crippen molar-refractivity contribution in [2.24, 2.45) is 0 Å². The van der Waals surface area contributed by atoms with Crippen molar-refractivity contribution in [3.63, 3.8) is 0 Å². The lowest BCUT2D eigenvalue weighted by molar-refractivity contribution is 0.0796. The van der Waals surface area contributed by atoms with Crippen LogP contribution >= 0.6 is 0 Å². The molecule has 0 aliphatic rings. The van der Waals surface area contributed by atoms with Crippen LogP contribution in [0.4, 0.5) is 5.82 Å². The lowest BCUT2D eigenvalue weighted by Crippen LogP contribution is -2.32. The molecule has 0 aliphatic heterocycles. The fraction of sp³-hybridized carbons (Fsp3) is 0.500. The van der Waals surface area contributed by atoms with E-state index < -0.39 is 9.84 Å². The van der Waals surface area contributed by atoms with Crippen LogP contribution < -0.4 is 5.32 Å². The van der Waals surface area contributed by atoms with Crippen molar-refractivity contribution < 1.29 is 13.2 Å². The number of aromatic nitrogens is 2. The molecule has 8 heteroatoms. The minimum Gasteiger partial charge on any atom is -0.372 e. The second-order valence-corrected chi connectivity index (χ2v) is 6.17. The Morgan fingerprint density at radius 1 is 1.39 bits per heavy atom. The number of amides is 1. The van der Waals surface area contributed by atoms with Crippen LogP contribution in [0.1, 0.15) is 10.5 Å². The highest BCUT2D eigenvalue weighted by molar-refractivity contribution is 7.90. The first kappa shape index (κ1) is 14.4. The second kappa shape index (κ2) is 5.76. The maximum absolute atomic E-state index is 11.9. The highest BCUT2D eigenvalue weighted by atomic mass is 32.2. The number of sulfone groups is 1. The van der Waals surface area contributed by atoms with Gasteiger partial charge in [-0.15, -0.1) is 10.2 Å². The Hall–Kier alpha value is -1.70. The van der Waals surface area contributed by atoms with Crippen LogP contribution in [0.2, 0.25) is 0 Å². The number of carbonyl (C=O) groups is 1. The van der Waals surface area contributed by atoms with E-state index in [9.17, 15) is 13.2 Å². The van der Waals surface area contributed by atoms with Crippen molar-refractivity contribution >= 4 is 21.6 Å². The van der Waals surface area contributed by atoms with Crippen molar-refractivity contribution in [3.05, 3.63) is 17.8 Å². The predicted molar refractivity (Wildman–Crippen MR) is 68.3 cm³/mol. The molecule has 0 aromatic carbocycles. The zero-order chi connectivity index (χ0) is 13.8. The van der Waals surface area contributed by atoms with Gasteiger partial charge in [0.2, 0.25) is 0 Å². The summed E-state index contributed by atoms with van der Waals surface area (Å²) in [6.07, 6.45) is 1.13. The van der Waals surface area contributed by atoms with Crippen LogP contribution in [0.3, 0.4) is 0 Å². The summed E-state index contributed by atoms with van der Waals surface area (Å²) in [4.78, 5) is 13.2. The van der Waals surface area contributed by atoms with Gasteiger partial charge in [0.15, 0.2) is 5.69 Å². The molecule has 0 spiro atoms. The number of rotatable bonds is 5. The SMILES string of the molecule is CNc1ccc(C(=O)N(C)CCS(C)(=O)=O)nn1. The second-order valence-electron chi connectivity index (χ2n) is 3.91. The third-order valence-corrected chi connectivity index (χ3v) is 3.21. The Kier molecular flexibility index (Phi) is 4.60. The standard InChI is InChI=1S/C10H16N4O3S/c1-11-9-5-4-8(12-13-9)10(15)14(2)6-7-18(3,16)17/h4-5H,6-7H2,1-3H3,(H,11,13). The van der Waals surface area contributed by atoms with Crippen molar-refractivity contribution in [1.82, 2.24) is 15.1 Å². The third-order valence-electron chi connectivity index (χ3n) is 2.28. The van der Waals surface area contributed by atoms with Gasteiger partial charge in [-0.1, -0.05) is 0 Å². The monoisotopic (exact) mass is 272 g/mol. The average molecular weight is 272 g/mol. The molecule has 1 N–H and O–H groups in total. The van der Waals surface area contributed by atoms with Crippen LogP contribution in [-0.4, -0.2) is 62.1 Å². The van der Waals surface area contributed by atoms with E-state index in [1.165, 1.54) is 18.0 Å². The molecule has 0 radical (unpaired) electrons. The molecular weight excluding hydrogens is 256 g/mol. The third kappa shape index (κ3) is 4.28. The summed E-state index contributed by atoms with van der Waals surface area (Å²) in [6, 6.07) is 3.17. The Morgan fingerprint density at radius 2 is 2.06 bits per heavy atom. The molecule has 7 nitrogen and oxygen atoms in total. The first-order valence-electron chi connectivity index (χ1n) is 5.28. The summed E-state index contributed by atoms with van der Waals surface area (Å²) < 4.78 is 22.0. The zero-order valence-electron chi connectivity index (χ0n) is 10.5. The van der Waals surface area contributed by atoms with Crippen molar-refractivity contribution in [3.8, 4) is 0 Å². The van der Waals surface area contributed by atoms with Crippen LogP contribution in [-0.2, 0) is 9.84 Å². The highest BCUT2D eigenvalue weighted by Crippen LogP contribution is 2.03. The summed E-state index contributed by atoms with van der Waals surface area (Å²) >= 11 is 0. The molecule has 100 valence electrons. The number of hydrogen-bond acceptors (Lipinski definition) is 6. The quantitative estimate of drug-likeness (QED) is 0.786. The van der Waals surface area contributed by atoms with Gasteiger partial charge in [0.1, 0.15) is 15.7 Å². The summed E-state index contributed by atoms with van der Waals surface area (Å²) in [5.41, 5.74) is 0.185. The molecule has 1 aromatic rings. The van der Waals surface area contributed by atoms with Crippen molar-refractivity contribution in [2.75, 3.05) is 38.0 Å². The number of hydrogen-bond donors (Lipinski definition) is 1. The van der Waals surface area contributed by atoms with E-state index in [1.54, 1.807) is 13.1 Å². The normalized spacial score (nSPS) is 11.1. The van der Waals surface area contributed by atoms with Crippen LogP contribution in [0.15, 0.2) is 12.1 Å². The fourth-order valence-corrected chi connectivity index (χ4v) is 1.79. The average Bonchev–Trinajstić information content (AvgIpc) is 2.34. The van der Waals surface area contributed by atoms with Gasteiger partial charge in [-0.2, -0.15) is 0 Å². The van der Waals surface area contributed by atoms with Gasteiger partial charge in [0.25, 0.3) is 5.91 Å². The van der Waals surface area contributed by atoms with Crippen LogP contribution in [0.25, 0.3) is 0 Å². The Morgan fingerprint density at radius 3 is 2.50 bits per heavy atom. The topological polar surface area (TPSA) is 92.3 Å². The van der Waals surface area contributed by atoms with Gasteiger partial charge in [-0.3, -0.25) is 4.79 Å². The molecule has 0 aliphatic carbocycles. The molecule has 1 amide bonds. The van der Waals surface area contributed by atoms with E-state index >= 15 is 0 Å². The summed E-state index contributed by atoms with van der Waals surface area (Å²) in [6.45, 7) is 0.132. The number of nitrogens with zero attached hydrogens (tertiary/aromatic N) is 3. The number of carbonyl (C=O) groups excluding carboxylic acids is 1. The fourth-order valence-electron chi connectivity index (χ4n) is 1.18. The lowest BCUT2D eigenvalue weighted by atomic mass is 10.3. The summed E-state index contributed by atoms with van der Waals surface area (Å²) in [5.74, 6) is 0.135. The predicted octanol–water partition coefficient (Wildman–Crippen LogP) is -0.365. The first-order chi connectivity index (χ1) is 8.33. The highest BCUT2D eigenvalue weighted by Gasteiger charge is 2.15. The van der Waals surface area contributed by atoms with Crippen molar-refractivity contribution in [2.45, 2.75) is 0 Å². The molecule has 18 heavy (non-hydrogen) atoms. The van der Waals surface area contributed by atoms with Gasteiger partial charge in [0.05, 0.1) is 5.75 Å². The number of nitrogens with one attached hydrogen (secondary N) is 1. The van der Waals surface area contributed by atoms with Crippen LogP contribution in [0, 0.1) is 0 Å². The maximum atomic E-state index is 11.9. The Labute approximate surface area is 106 Å². The molecular formula is C10H16N4O3S. The van der Waals surface area contributed by atoms with Gasteiger partial charge in [-0.25, -0.2) is 8.42 Å². The van der Waals surface area contributed by atoms with Gasteiger partial charge in [-0.05, 0) is 12.1 Å². The van der Waals surface area contributed by atoms with Gasteiger partial charge in [0, 0.05) is 26.9 Å². The molecule has 0 saturated heterocycles. The molecule has 1 aromatic heterocycles. The van der Waals surface area contributed by atoms with Crippen molar-refractivity contribution in [1.29, 1.82) is 0 Å². The largest absolute Gasteiger partial charge is 0.372 e. The van der Waals surface area contributed by atoms with E-state index in [1.807, 2.05) is 0 Å². The molecule has 0 saturated carbocycles.